The van der Waals surface area contributed by atoms with E-state index in [1.54, 1.807) is 0 Å². The first kappa shape index (κ1) is 27.2. The monoisotopic (exact) mass is 455 g/mol. The fourth-order valence-corrected chi connectivity index (χ4v) is 3.49. The minimum absolute atomic E-state index is 0. The van der Waals surface area contributed by atoms with Gasteiger partial charge in [-0.15, -0.1) is 0 Å². The number of hydrogen-bond acceptors (Lipinski definition) is 4. The topological polar surface area (TPSA) is 80.3 Å². The van der Waals surface area contributed by atoms with E-state index in [-0.39, 0.29) is 29.6 Å². The quantitative estimate of drug-likeness (QED) is 0.504. The van der Waals surface area contributed by atoms with Gasteiger partial charge < -0.3 is 0 Å². The van der Waals surface area contributed by atoms with Crippen LogP contribution >= 0.6 is 0 Å². The molecular formula is C5H2F12NNaO4S2. The summed E-state index contributed by atoms with van der Waals surface area (Å²) in [6.45, 7) is 0. The molecular weight excluding hydrogens is 453 g/mol. The van der Waals surface area contributed by atoms with Crippen LogP contribution in [0.2, 0.25) is 0 Å². The number of hydrogen-bond donors (Lipinski definition) is 1. The molecule has 0 amide bonds. The molecule has 0 aliphatic rings. The van der Waals surface area contributed by atoms with Crippen LogP contribution in [0, 0.1) is 0 Å². The Labute approximate surface area is 152 Å². The first-order valence-corrected chi connectivity index (χ1v) is 7.47. The molecule has 0 spiro atoms. The second kappa shape index (κ2) is 6.88. The molecule has 25 heavy (non-hydrogen) atoms. The number of sulfonamides is 2. The second-order valence-corrected chi connectivity index (χ2v) is 7.40. The van der Waals surface area contributed by atoms with E-state index >= 15 is 0 Å². The van der Waals surface area contributed by atoms with Gasteiger partial charge in [0, 0.05) is 0 Å². The van der Waals surface area contributed by atoms with Gasteiger partial charge in [-0.05, 0) is 0 Å². The number of halogens is 12. The normalized spacial score (nSPS) is 15.7. The summed E-state index contributed by atoms with van der Waals surface area (Å²) in [6, 6.07) is 0. The van der Waals surface area contributed by atoms with Crippen molar-refractivity contribution in [2.75, 3.05) is 0 Å². The van der Waals surface area contributed by atoms with Crippen LogP contribution in [0.4, 0.5) is 52.7 Å². The molecule has 148 valence electrons. The van der Waals surface area contributed by atoms with Gasteiger partial charge in [0.15, 0.2) is 0 Å². The van der Waals surface area contributed by atoms with Gasteiger partial charge in [-0.1, -0.05) is 4.13 Å². The van der Waals surface area contributed by atoms with E-state index in [0.29, 0.717) is 0 Å². The third-order valence-electron chi connectivity index (χ3n) is 1.95. The van der Waals surface area contributed by atoms with Crippen molar-refractivity contribution in [2.24, 2.45) is 0 Å². The average Bonchev–Trinajstić information content (AvgIpc) is 2.23. The van der Waals surface area contributed by atoms with Gasteiger partial charge in [0.25, 0.3) is 20.0 Å². The maximum absolute atomic E-state index is 12.8. The van der Waals surface area contributed by atoms with E-state index in [1.165, 1.54) is 0 Å². The Balaban J connectivity index is 0. The Morgan fingerprint density at radius 2 is 0.800 bits per heavy atom. The maximum atomic E-state index is 12.8. The molecule has 0 bridgehead atoms. The van der Waals surface area contributed by atoms with Gasteiger partial charge in [0.05, 0.1) is 0 Å². The predicted octanol–water partition coefficient (Wildman–Crippen LogP) is 1.53. The molecule has 1 N–H and O–H groups in total. The van der Waals surface area contributed by atoms with Gasteiger partial charge in [-0.3, -0.25) is 0 Å². The number of nitrogens with one attached hydrogen (secondary N) is 1. The Kier molecular flexibility index (Phi) is 7.49. The van der Waals surface area contributed by atoms with Gasteiger partial charge in [0.1, 0.15) is 0 Å². The molecule has 0 rings (SSSR count). The third-order valence-corrected chi connectivity index (χ3v) is 5.54. The van der Waals surface area contributed by atoms with Crippen LogP contribution in [-0.2, 0) is 20.0 Å². The van der Waals surface area contributed by atoms with Crippen LogP contribution < -0.4 is 4.13 Å². The Morgan fingerprint density at radius 1 is 0.520 bits per heavy atom. The van der Waals surface area contributed by atoms with Gasteiger partial charge >= 0.3 is 58.3 Å². The summed E-state index contributed by atoms with van der Waals surface area (Å²) in [5, 5.41) is -14.6. The van der Waals surface area contributed by atoms with E-state index in [0.717, 1.165) is 0 Å². The zero-order chi connectivity index (χ0) is 20.2. The molecule has 0 heterocycles. The Bertz CT molecular complexity index is 692. The molecule has 0 aromatic carbocycles. The summed E-state index contributed by atoms with van der Waals surface area (Å²) < 4.78 is 187. The zero-order valence-corrected chi connectivity index (χ0v) is 11.6. The molecule has 0 fully saturated rings. The van der Waals surface area contributed by atoms with Gasteiger partial charge in [0.2, 0.25) is 0 Å². The van der Waals surface area contributed by atoms with Crippen molar-refractivity contribution < 1.29 is 69.5 Å². The predicted molar refractivity (Wildman–Crippen MR) is 55.1 cm³/mol. The van der Waals surface area contributed by atoms with Gasteiger partial charge in [-0.2, -0.15) is 52.7 Å². The van der Waals surface area contributed by atoms with Crippen LogP contribution in [0.15, 0.2) is 0 Å². The van der Waals surface area contributed by atoms with Crippen LogP contribution in [0.3, 0.4) is 0 Å². The fraction of sp³-hybridized carbons (Fsp3) is 1.00. The Morgan fingerprint density at radius 3 is 1.04 bits per heavy atom. The van der Waals surface area contributed by atoms with Crippen molar-refractivity contribution in [3.8, 4) is 0 Å². The minimum atomic E-state index is -7.92. The van der Waals surface area contributed by atoms with Crippen LogP contribution in [0.5, 0.6) is 0 Å². The van der Waals surface area contributed by atoms with Crippen molar-refractivity contribution in [3.05, 3.63) is 0 Å². The van der Waals surface area contributed by atoms with Crippen molar-refractivity contribution >= 4 is 49.6 Å². The van der Waals surface area contributed by atoms with Crippen molar-refractivity contribution in [2.45, 2.75) is 28.8 Å². The van der Waals surface area contributed by atoms with E-state index in [4.69, 9.17) is 0 Å². The zero-order valence-electron chi connectivity index (χ0n) is 9.99. The standard InChI is InChI=1S/C5HF12NO4S2.Na.H/c6-1(7,2(8,9)10)4(14,15)23(19,20)18-24(21,22)5(16,17)3(11,12)13;;/h18H;;. The van der Waals surface area contributed by atoms with Crippen LogP contribution in [0.1, 0.15) is 0 Å². The first-order chi connectivity index (χ1) is 9.96. The van der Waals surface area contributed by atoms with Crippen molar-refractivity contribution in [1.82, 2.24) is 4.13 Å². The molecule has 0 aliphatic heterocycles. The van der Waals surface area contributed by atoms with Crippen LogP contribution in [-0.4, -0.2) is 75.2 Å². The summed E-state index contributed by atoms with van der Waals surface area (Å²) >= 11 is 0. The summed E-state index contributed by atoms with van der Waals surface area (Å²) in [4.78, 5) is 0. The molecule has 0 saturated heterocycles. The fourth-order valence-electron chi connectivity index (χ4n) is 0.735. The third kappa shape index (κ3) is 4.47. The first-order valence-electron chi connectivity index (χ1n) is 4.50. The average molecular weight is 455 g/mol. The molecule has 0 radical (unpaired) electrons. The molecule has 0 aliphatic carbocycles. The molecule has 0 unspecified atom stereocenters. The molecule has 5 nitrogen and oxygen atoms in total. The number of rotatable bonds is 5. The van der Waals surface area contributed by atoms with Gasteiger partial charge in [-0.25, -0.2) is 16.8 Å². The van der Waals surface area contributed by atoms with E-state index < -0.39 is 53.0 Å². The van der Waals surface area contributed by atoms with E-state index in [1.807, 2.05) is 0 Å². The van der Waals surface area contributed by atoms with Crippen molar-refractivity contribution in [1.29, 1.82) is 0 Å². The van der Waals surface area contributed by atoms with E-state index in [2.05, 4.69) is 0 Å². The summed E-state index contributed by atoms with van der Waals surface area (Å²) in [5.74, 6) is -7.53. The SMILES string of the molecule is O=S(=O)(NS(=O)(=O)C(F)(F)C(F)(F)C(F)(F)F)C(F)(F)C(F)(F)F.[NaH]. The number of alkyl halides is 12. The summed E-state index contributed by atoms with van der Waals surface area (Å²) in [7, 11) is -15.7. The Hall–Kier alpha value is 0.0200. The summed E-state index contributed by atoms with van der Waals surface area (Å²) in [5.41, 5.74) is 0. The molecule has 0 aromatic heterocycles. The molecule has 0 atom stereocenters. The second-order valence-electron chi connectivity index (χ2n) is 3.69. The van der Waals surface area contributed by atoms with E-state index in [9.17, 15) is 69.5 Å². The molecule has 20 heteroatoms. The summed E-state index contributed by atoms with van der Waals surface area (Å²) in [6.07, 6.45) is -14.4. The van der Waals surface area contributed by atoms with Crippen LogP contribution in [0.25, 0.3) is 0 Å². The van der Waals surface area contributed by atoms with Crippen molar-refractivity contribution in [3.63, 3.8) is 0 Å². The molecule has 0 aromatic rings. The molecule has 0 saturated carbocycles.